The van der Waals surface area contributed by atoms with Crippen molar-refractivity contribution in [3.05, 3.63) is 92.9 Å². The molecule has 0 spiro atoms. The molecule has 0 bridgehead atoms. The third-order valence-corrected chi connectivity index (χ3v) is 8.75. The van der Waals surface area contributed by atoms with E-state index in [1.165, 1.54) is 17.0 Å². The van der Waals surface area contributed by atoms with Crippen molar-refractivity contribution < 1.29 is 18.0 Å². The number of amides is 2. The number of carbonyl (C=O) groups excluding carboxylic acids is 2. The molecule has 3 aromatic rings. The number of sulfonamides is 1. The van der Waals surface area contributed by atoms with Crippen molar-refractivity contribution in [2.75, 3.05) is 10.8 Å². The normalized spacial score (nSPS) is 12.5. The number of rotatable bonds is 9. The highest BCUT2D eigenvalue weighted by Crippen LogP contribution is 2.29. The highest BCUT2D eigenvalue weighted by molar-refractivity contribution is 9.10. The van der Waals surface area contributed by atoms with E-state index in [1.807, 2.05) is 20.8 Å². The molecule has 11 heteroatoms. The fourth-order valence-corrected chi connectivity index (χ4v) is 6.12. The van der Waals surface area contributed by atoms with E-state index >= 15 is 0 Å². The van der Waals surface area contributed by atoms with Crippen molar-refractivity contribution >= 4 is 66.7 Å². The zero-order valence-electron chi connectivity index (χ0n) is 22.0. The van der Waals surface area contributed by atoms with E-state index in [-0.39, 0.29) is 17.1 Å². The van der Waals surface area contributed by atoms with Crippen molar-refractivity contribution in [2.24, 2.45) is 0 Å². The van der Waals surface area contributed by atoms with Gasteiger partial charge in [-0.3, -0.25) is 13.9 Å². The van der Waals surface area contributed by atoms with Crippen molar-refractivity contribution in [3.8, 4) is 0 Å². The van der Waals surface area contributed by atoms with E-state index in [1.54, 1.807) is 67.6 Å². The number of anilines is 1. The molecule has 208 valence electrons. The monoisotopic (exact) mass is 653 g/mol. The third-order valence-electron chi connectivity index (χ3n) is 5.76. The van der Waals surface area contributed by atoms with Crippen LogP contribution in [-0.2, 0) is 26.2 Å². The lowest BCUT2D eigenvalue weighted by Crippen LogP contribution is -2.54. The average Bonchev–Trinajstić information content (AvgIpc) is 2.86. The fourth-order valence-electron chi connectivity index (χ4n) is 3.79. The first-order valence-electron chi connectivity index (χ1n) is 12.1. The van der Waals surface area contributed by atoms with Gasteiger partial charge in [0, 0.05) is 32.2 Å². The highest BCUT2D eigenvalue weighted by atomic mass is 79.9. The lowest BCUT2D eigenvalue weighted by Gasteiger charge is -2.33. The standard InChI is InChI=1S/C28H30BrCl2N3O4S/c1-19(27(36)32-28(2,3)4)33(17-23-24(30)14-9-15-25(23)31)26(35)18-34(21-11-8-10-20(29)16-21)39(37,38)22-12-6-5-7-13-22/h5-16,19H,17-18H2,1-4H3,(H,32,36). The van der Waals surface area contributed by atoms with Crippen LogP contribution in [-0.4, -0.2) is 43.3 Å². The Morgan fingerprint density at radius 2 is 1.54 bits per heavy atom. The van der Waals surface area contributed by atoms with E-state index in [9.17, 15) is 18.0 Å². The van der Waals surface area contributed by atoms with Crippen molar-refractivity contribution in [1.29, 1.82) is 0 Å². The van der Waals surface area contributed by atoms with E-state index in [0.717, 1.165) is 4.31 Å². The first-order valence-corrected chi connectivity index (χ1v) is 15.1. The maximum absolute atomic E-state index is 14.0. The number of nitrogens with zero attached hydrogens (tertiary/aromatic N) is 2. The molecule has 0 saturated carbocycles. The van der Waals surface area contributed by atoms with Crippen LogP contribution in [0.5, 0.6) is 0 Å². The lowest BCUT2D eigenvalue weighted by molar-refractivity contribution is -0.140. The Labute approximate surface area is 248 Å². The first kappa shape index (κ1) is 30.9. The second kappa shape index (κ2) is 12.7. The van der Waals surface area contributed by atoms with E-state index < -0.39 is 40.0 Å². The number of halogens is 3. The van der Waals surface area contributed by atoms with E-state index in [0.29, 0.717) is 20.1 Å². The zero-order chi connectivity index (χ0) is 29.0. The average molecular weight is 655 g/mol. The molecule has 3 rings (SSSR count). The first-order chi connectivity index (χ1) is 18.2. The van der Waals surface area contributed by atoms with Gasteiger partial charge in [0.15, 0.2) is 0 Å². The molecule has 0 saturated heterocycles. The molecule has 0 aliphatic heterocycles. The predicted molar refractivity (Wildman–Crippen MR) is 159 cm³/mol. The SMILES string of the molecule is CC(C(=O)NC(C)(C)C)N(Cc1c(Cl)cccc1Cl)C(=O)CN(c1cccc(Br)c1)S(=O)(=O)c1ccccc1. The number of hydrogen-bond donors (Lipinski definition) is 1. The van der Waals surface area contributed by atoms with Gasteiger partial charge in [0.1, 0.15) is 12.6 Å². The van der Waals surface area contributed by atoms with Crippen LogP contribution in [0.2, 0.25) is 10.0 Å². The van der Waals surface area contributed by atoms with Crippen LogP contribution in [0, 0.1) is 0 Å². The van der Waals surface area contributed by atoms with Crippen LogP contribution in [0.4, 0.5) is 5.69 Å². The molecular formula is C28H30BrCl2N3O4S. The second-order valence-corrected chi connectivity index (χ2v) is 13.5. The summed E-state index contributed by atoms with van der Waals surface area (Å²) in [5.41, 5.74) is 0.176. The predicted octanol–water partition coefficient (Wildman–Crippen LogP) is 6.28. The number of carbonyl (C=O) groups is 2. The summed E-state index contributed by atoms with van der Waals surface area (Å²) in [5, 5.41) is 3.53. The summed E-state index contributed by atoms with van der Waals surface area (Å²) in [5.74, 6) is -1.01. The quantitative estimate of drug-likeness (QED) is 0.294. The molecule has 0 radical (unpaired) electrons. The Morgan fingerprint density at radius 3 is 2.10 bits per heavy atom. The van der Waals surface area contributed by atoms with Crippen LogP contribution >= 0.6 is 39.1 Å². The summed E-state index contributed by atoms with van der Waals surface area (Å²) in [6.45, 7) is 6.40. The zero-order valence-corrected chi connectivity index (χ0v) is 25.9. The number of nitrogens with one attached hydrogen (secondary N) is 1. The second-order valence-electron chi connectivity index (χ2n) is 9.94. The van der Waals surface area contributed by atoms with Crippen LogP contribution in [0.25, 0.3) is 0 Å². The minimum absolute atomic E-state index is 0.0250. The Bertz CT molecular complexity index is 1430. The summed E-state index contributed by atoms with van der Waals surface area (Å²) >= 11 is 16.2. The minimum Gasteiger partial charge on any atom is -0.350 e. The number of benzene rings is 3. The molecule has 39 heavy (non-hydrogen) atoms. The van der Waals surface area contributed by atoms with Crippen molar-refractivity contribution in [3.63, 3.8) is 0 Å². The molecule has 0 aliphatic carbocycles. The topological polar surface area (TPSA) is 86.8 Å². The molecule has 1 unspecified atom stereocenters. The third kappa shape index (κ3) is 7.97. The lowest BCUT2D eigenvalue weighted by atomic mass is 10.1. The molecule has 0 fully saturated rings. The Kier molecular flexibility index (Phi) is 10.1. The van der Waals surface area contributed by atoms with Gasteiger partial charge in [-0.1, -0.05) is 69.5 Å². The Balaban J connectivity index is 2.07. The number of hydrogen-bond acceptors (Lipinski definition) is 4. The highest BCUT2D eigenvalue weighted by Gasteiger charge is 2.34. The molecule has 0 aliphatic rings. The molecule has 1 atom stereocenters. The molecule has 2 amide bonds. The maximum atomic E-state index is 14.0. The molecule has 1 N–H and O–H groups in total. The minimum atomic E-state index is -4.15. The van der Waals surface area contributed by atoms with Crippen molar-refractivity contribution in [2.45, 2.75) is 50.7 Å². The van der Waals surface area contributed by atoms with Crippen molar-refractivity contribution in [1.82, 2.24) is 10.2 Å². The van der Waals surface area contributed by atoms with Gasteiger partial charge in [0.2, 0.25) is 11.8 Å². The van der Waals surface area contributed by atoms with Gasteiger partial charge in [-0.2, -0.15) is 0 Å². The summed E-state index contributed by atoms with van der Waals surface area (Å²) in [6.07, 6.45) is 0. The summed E-state index contributed by atoms with van der Waals surface area (Å²) < 4.78 is 29.2. The Hall–Kier alpha value is -2.59. The van der Waals surface area contributed by atoms with Gasteiger partial charge in [0.05, 0.1) is 10.6 Å². The summed E-state index contributed by atoms with van der Waals surface area (Å²) in [4.78, 5) is 28.5. The van der Waals surface area contributed by atoms with Gasteiger partial charge in [-0.15, -0.1) is 0 Å². The van der Waals surface area contributed by atoms with Crippen LogP contribution in [0.3, 0.4) is 0 Å². The van der Waals surface area contributed by atoms with Crippen LogP contribution in [0.15, 0.2) is 82.2 Å². The molecule has 0 aromatic heterocycles. The smallest absolute Gasteiger partial charge is 0.264 e. The summed E-state index contributed by atoms with van der Waals surface area (Å²) in [7, 11) is -4.15. The molecule has 0 heterocycles. The van der Waals surface area contributed by atoms with Gasteiger partial charge < -0.3 is 10.2 Å². The van der Waals surface area contributed by atoms with E-state index in [2.05, 4.69) is 21.2 Å². The maximum Gasteiger partial charge on any atom is 0.264 e. The fraction of sp³-hybridized carbons (Fsp3) is 0.286. The van der Waals surface area contributed by atoms with Gasteiger partial charge in [0.25, 0.3) is 10.0 Å². The molecule has 7 nitrogen and oxygen atoms in total. The molecular weight excluding hydrogens is 625 g/mol. The largest absolute Gasteiger partial charge is 0.350 e. The van der Waals surface area contributed by atoms with Crippen LogP contribution in [0.1, 0.15) is 33.3 Å². The van der Waals surface area contributed by atoms with Gasteiger partial charge >= 0.3 is 0 Å². The van der Waals surface area contributed by atoms with Gasteiger partial charge in [-0.25, -0.2) is 8.42 Å². The summed E-state index contributed by atoms with van der Waals surface area (Å²) in [6, 6.07) is 18.5. The van der Waals surface area contributed by atoms with Gasteiger partial charge in [-0.05, 0) is 70.2 Å². The van der Waals surface area contributed by atoms with E-state index in [4.69, 9.17) is 23.2 Å². The Morgan fingerprint density at radius 1 is 0.949 bits per heavy atom. The van der Waals surface area contributed by atoms with Crippen LogP contribution < -0.4 is 9.62 Å². The molecule has 3 aromatic carbocycles.